The SMILES string of the molecule is Cc1ncccc1-c1cc(C(C)(C)C)ncn1. The summed E-state index contributed by atoms with van der Waals surface area (Å²) in [5.41, 5.74) is 4.08. The van der Waals surface area contributed by atoms with Crippen molar-refractivity contribution >= 4 is 0 Å². The minimum Gasteiger partial charge on any atom is -0.261 e. The van der Waals surface area contributed by atoms with Gasteiger partial charge >= 0.3 is 0 Å². The fourth-order valence-corrected chi connectivity index (χ4v) is 1.67. The Bertz CT molecular complexity index is 527. The van der Waals surface area contributed by atoms with Crippen LogP contribution in [0, 0.1) is 6.92 Å². The normalized spacial score (nSPS) is 11.5. The summed E-state index contributed by atoms with van der Waals surface area (Å²) in [5.74, 6) is 0. The monoisotopic (exact) mass is 227 g/mol. The van der Waals surface area contributed by atoms with Gasteiger partial charge in [0.1, 0.15) is 6.33 Å². The maximum Gasteiger partial charge on any atom is 0.116 e. The lowest BCUT2D eigenvalue weighted by molar-refractivity contribution is 0.567. The van der Waals surface area contributed by atoms with Gasteiger partial charge in [0.15, 0.2) is 0 Å². The third-order valence-electron chi connectivity index (χ3n) is 2.72. The van der Waals surface area contributed by atoms with E-state index in [0.717, 1.165) is 22.6 Å². The molecule has 2 aromatic heterocycles. The van der Waals surface area contributed by atoms with E-state index < -0.39 is 0 Å². The van der Waals surface area contributed by atoms with Crippen LogP contribution < -0.4 is 0 Å². The Morgan fingerprint density at radius 3 is 2.47 bits per heavy atom. The lowest BCUT2D eigenvalue weighted by Gasteiger charge is -2.18. The third-order valence-corrected chi connectivity index (χ3v) is 2.72. The van der Waals surface area contributed by atoms with Gasteiger partial charge in [0, 0.05) is 28.6 Å². The highest BCUT2D eigenvalue weighted by atomic mass is 14.8. The maximum absolute atomic E-state index is 4.33. The molecule has 0 saturated carbocycles. The molecular formula is C14H17N3. The third kappa shape index (κ3) is 2.49. The standard InChI is InChI=1S/C14H17N3/c1-10-11(6-5-7-15-10)12-8-13(14(2,3)4)17-9-16-12/h5-9H,1-4H3. The van der Waals surface area contributed by atoms with Gasteiger partial charge in [-0.15, -0.1) is 0 Å². The lowest BCUT2D eigenvalue weighted by Crippen LogP contribution is -2.13. The van der Waals surface area contributed by atoms with E-state index in [2.05, 4.69) is 35.7 Å². The van der Waals surface area contributed by atoms with Gasteiger partial charge in [-0.05, 0) is 25.1 Å². The van der Waals surface area contributed by atoms with Crippen LogP contribution in [0.1, 0.15) is 32.2 Å². The molecule has 3 heteroatoms. The molecule has 2 aromatic rings. The number of aromatic nitrogens is 3. The Balaban J connectivity index is 2.51. The van der Waals surface area contributed by atoms with Crippen LogP contribution in [0.3, 0.4) is 0 Å². The Morgan fingerprint density at radius 2 is 1.82 bits per heavy atom. The first kappa shape index (κ1) is 11.7. The number of hydrogen-bond donors (Lipinski definition) is 0. The van der Waals surface area contributed by atoms with Crippen molar-refractivity contribution in [3.8, 4) is 11.3 Å². The van der Waals surface area contributed by atoms with E-state index in [-0.39, 0.29) is 5.41 Å². The van der Waals surface area contributed by atoms with Crippen molar-refractivity contribution in [1.82, 2.24) is 15.0 Å². The molecule has 17 heavy (non-hydrogen) atoms. The molecule has 0 fully saturated rings. The molecule has 0 amide bonds. The predicted octanol–water partition coefficient (Wildman–Crippen LogP) is 3.14. The van der Waals surface area contributed by atoms with Crippen molar-refractivity contribution in [3.63, 3.8) is 0 Å². The number of rotatable bonds is 1. The summed E-state index contributed by atoms with van der Waals surface area (Å²) < 4.78 is 0. The van der Waals surface area contributed by atoms with Crippen molar-refractivity contribution in [1.29, 1.82) is 0 Å². The quantitative estimate of drug-likeness (QED) is 0.751. The van der Waals surface area contributed by atoms with E-state index in [0.29, 0.717) is 0 Å². The zero-order valence-corrected chi connectivity index (χ0v) is 10.7. The number of pyridine rings is 1. The van der Waals surface area contributed by atoms with Gasteiger partial charge in [-0.3, -0.25) is 4.98 Å². The van der Waals surface area contributed by atoms with Crippen LogP contribution in [0.15, 0.2) is 30.7 Å². The Kier molecular flexibility index (Phi) is 2.92. The summed E-state index contributed by atoms with van der Waals surface area (Å²) in [5, 5.41) is 0. The summed E-state index contributed by atoms with van der Waals surface area (Å²) in [6.45, 7) is 8.44. The molecule has 0 aliphatic rings. The summed E-state index contributed by atoms with van der Waals surface area (Å²) in [6.07, 6.45) is 3.42. The smallest absolute Gasteiger partial charge is 0.116 e. The van der Waals surface area contributed by atoms with Gasteiger partial charge < -0.3 is 0 Å². The van der Waals surface area contributed by atoms with Crippen molar-refractivity contribution in [3.05, 3.63) is 42.1 Å². The van der Waals surface area contributed by atoms with Crippen LogP contribution in [0.4, 0.5) is 0 Å². The first-order chi connectivity index (χ1) is 7.98. The largest absolute Gasteiger partial charge is 0.261 e. The molecule has 2 rings (SSSR count). The van der Waals surface area contributed by atoms with Crippen LogP contribution in [-0.4, -0.2) is 15.0 Å². The van der Waals surface area contributed by atoms with Crippen molar-refractivity contribution in [2.45, 2.75) is 33.1 Å². The molecule has 88 valence electrons. The van der Waals surface area contributed by atoms with Crippen LogP contribution in [0.2, 0.25) is 0 Å². The average molecular weight is 227 g/mol. The molecule has 0 bridgehead atoms. The maximum atomic E-state index is 4.33. The van der Waals surface area contributed by atoms with Gasteiger partial charge in [-0.2, -0.15) is 0 Å². The van der Waals surface area contributed by atoms with Crippen LogP contribution >= 0.6 is 0 Å². The lowest BCUT2D eigenvalue weighted by atomic mass is 9.91. The van der Waals surface area contributed by atoms with Gasteiger partial charge in [-0.25, -0.2) is 9.97 Å². The van der Waals surface area contributed by atoms with Gasteiger partial charge in [0.05, 0.1) is 5.69 Å². The van der Waals surface area contributed by atoms with Crippen LogP contribution in [0.5, 0.6) is 0 Å². The van der Waals surface area contributed by atoms with E-state index in [1.807, 2.05) is 25.1 Å². The Labute approximate surface area is 102 Å². The number of aryl methyl sites for hydroxylation is 1. The predicted molar refractivity (Wildman–Crippen MR) is 68.7 cm³/mol. The van der Waals surface area contributed by atoms with Crippen molar-refractivity contribution in [2.75, 3.05) is 0 Å². The zero-order chi connectivity index (χ0) is 12.5. The minimum absolute atomic E-state index is 0.0355. The Hall–Kier alpha value is -1.77. The highest BCUT2D eigenvalue weighted by molar-refractivity contribution is 5.61. The molecule has 0 N–H and O–H groups in total. The second kappa shape index (κ2) is 4.24. The van der Waals surface area contributed by atoms with Crippen LogP contribution in [-0.2, 0) is 5.41 Å². The van der Waals surface area contributed by atoms with E-state index in [9.17, 15) is 0 Å². The number of nitrogens with zero attached hydrogens (tertiary/aromatic N) is 3. The molecule has 0 aromatic carbocycles. The summed E-state index contributed by atoms with van der Waals surface area (Å²) in [6, 6.07) is 6.02. The summed E-state index contributed by atoms with van der Waals surface area (Å²) >= 11 is 0. The second-order valence-electron chi connectivity index (χ2n) is 5.17. The fourth-order valence-electron chi connectivity index (χ4n) is 1.67. The molecule has 0 atom stereocenters. The van der Waals surface area contributed by atoms with E-state index in [1.54, 1.807) is 12.5 Å². The first-order valence-electron chi connectivity index (χ1n) is 5.73. The number of hydrogen-bond acceptors (Lipinski definition) is 3. The topological polar surface area (TPSA) is 38.7 Å². The first-order valence-corrected chi connectivity index (χ1v) is 5.73. The van der Waals surface area contributed by atoms with E-state index in [4.69, 9.17) is 0 Å². The molecular weight excluding hydrogens is 210 g/mol. The van der Waals surface area contributed by atoms with E-state index >= 15 is 0 Å². The highest BCUT2D eigenvalue weighted by Gasteiger charge is 2.16. The van der Waals surface area contributed by atoms with Crippen LogP contribution in [0.25, 0.3) is 11.3 Å². The Morgan fingerprint density at radius 1 is 1.06 bits per heavy atom. The molecule has 2 heterocycles. The molecule has 0 aliphatic heterocycles. The highest BCUT2D eigenvalue weighted by Crippen LogP contribution is 2.25. The second-order valence-corrected chi connectivity index (χ2v) is 5.17. The van der Waals surface area contributed by atoms with Gasteiger partial charge in [0.25, 0.3) is 0 Å². The fraction of sp³-hybridized carbons (Fsp3) is 0.357. The zero-order valence-electron chi connectivity index (χ0n) is 10.7. The average Bonchev–Trinajstić information content (AvgIpc) is 2.29. The molecule has 0 saturated heterocycles. The molecule has 0 unspecified atom stereocenters. The summed E-state index contributed by atoms with van der Waals surface area (Å²) in [4.78, 5) is 13.0. The van der Waals surface area contributed by atoms with Crippen molar-refractivity contribution in [2.24, 2.45) is 0 Å². The van der Waals surface area contributed by atoms with Crippen molar-refractivity contribution < 1.29 is 0 Å². The van der Waals surface area contributed by atoms with Gasteiger partial charge in [-0.1, -0.05) is 20.8 Å². The molecule has 0 aliphatic carbocycles. The van der Waals surface area contributed by atoms with E-state index in [1.165, 1.54) is 0 Å². The van der Waals surface area contributed by atoms with Gasteiger partial charge in [0.2, 0.25) is 0 Å². The molecule has 3 nitrogen and oxygen atoms in total. The molecule has 0 spiro atoms. The molecule has 0 radical (unpaired) electrons. The minimum atomic E-state index is 0.0355. The summed E-state index contributed by atoms with van der Waals surface area (Å²) in [7, 11) is 0.